The van der Waals surface area contributed by atoms with Crippen molar-refractivity contribution in [3.05, 3.63) is 35.1 Å². The van der Waals surface area contributed by atoms with Crippen molar-refractivity contribution in [2.75, 3.05) is 32.8 Å². The zero-order valence-electron chi connectivity index (χ0n) is 17.8. The van der Waals surface area contributed by atoms with Crippen LogP contribution in [0.2, 0.25) is 0 Å². The second kappa shape index (κ2) is 9.87. The molecule has 2 heterocycles. The molecule has 176 valence electrons. The number of benzene rings is 1. The number of esters is 1. The van der Waals surface area contributed by atoms with Crippen LogP contribution in [0.15, 0.2) is 18.2 Å². The van der Waals surface area contributed by atoms with Gasteiger partial charge in [0.25, 0.3) is 5.91 Å². The molecule has 2 aliphatic heterocycles. The maximum atomic E-state index is 13.5. The number of alkyl halides is 3. The SMILES string of the molecule is CCOC(=O)C1CCN(C(=O)C2CCN(C(=O)c3cc(F)ccc3C(F)(F)F)CC2)CC1. The summed E-state index contributed by atoms with van der Waals surface area (Å²) in [7, 11) is 0. The van der Waals surface area contributed by atoms with Gasteiger partial charge in [-0.05, 0) is 50.8 Å². The molecule has 6 nitrogen and oxygen atoms in total. The molecule has 0 radical (unpaired) electrons. The Morgan fingerprint density at radius 2 is 1.53 bits per heavy atom. The first-order valence-corrected chi connectivity index (χ1v) is 10.7. The highest BCUT2D eigenvalue weighted by molar-refractivity contribution is 5.96. The van der Waals surface area contributed by atoms with Gasteiger partial charge in [0.15, 0.2) is 0 Å². The second-order valence-electron chi connectivity index (χ2n) is 8.11. The molecule has 2 amide bonds. The highest BCUT2D eigenvalue weighted by Crippen LogP contribution is 2.34. The molecule has 2 aliphatic rings. The molecule has 1 aromatic rings. The molecule has 0 saturated carbocycles. The van der Waals surface area contributed by atoms with Crippen LogP contribution >= 0.6 is 0 Å². The molecule has 1 aromatic carbocycles. The number of carbonyl (C=O) groups is 3. The van der Waals surface area contributed by atoms with E-state index in [2.05, 4.69) is 0 Å². The van der Waals surface area contributed by atoms with Gasteiger partial charge in [0, 0.05) is 32.1 Å². The molecule has 32 heavy (non-hydrogen) atoms. The first-order chi connectivity index (χ1) is 15.1. The maximum absolute atomic E-state index is 13.5. The molecule has 0 spiro atoms. The van der Waals surface area contributed by atoms with Crippen molar-refractivity contribution in [1.29, 1.82) is 0 Å². The van der Waals surface area contributed by atoms with Crippen LogP contribution in [0, 0.1) is 17.7 Å². The van der Waals surface area contributed by atoms with Crippen molar-refractivity contribution < 1.29 is 36.7 Å². The molecule has 2 saturated heterocycles. The molecule has 0 bridgehead atoms. The predicted octanol–water partition coefficient (Wildman–Crippen LogP) is 3.50. The minimum atomic E-state index is -4.78. The van der Waals surface area contributed by atoms with Crippen LogP contribution < -0.4 is 0 Å². The lowest BCUT2D eigenvalue weighted by atomic mass is 9.91. The van der Waals surface area contributed by atoms with Crippen LogP contribution in [0.4, 0.5) is 17.6 Å². The number of amides is 2. The van der Waals surface area contributed by atoms with Gasteiger partial charge in [-0.3, -0.25) is 14.4 Å². The highest BCUT2D eigenvalue weighted by Gasteiger charge is 2.38. The van der Waals surface area contributed by atoms with Gasteiger partial charge < -0.3 is 14.5 Å². The van der Waals surface area contributed by atoms with Gasteiger partial charge in [-0.1, -0.05) is 0 Å². The third-order valence-electron chi connectivity index (χ3n) is 6.08. The Hall–Kier alpha value is -2.65. The molecule has 10 heteroatoms. The first kappa shape index (κ1) is 24.0. The molecule has 0 aliphatic carbocycles. The molecule has 0 N–H and O–H groups in total. The van der Waals surface area contributed by atoms with E-state index >= 15 is 0 Å². The largest absolute Gasteiger partial charge is 0.466 e. The number of rotatable bonds is 4. The summed E-state index contributed by atoms with van der Waals surface area (Å²) in [5.41, 5.74) is -1.89. The molecule has 0 atom stereocenters. The third kappa shape index (κ3) is 5.39. The monoisotopic (exact) mass is 458 g/mol. The topological polar surface area (TPSA) is 66.9 Å². The number of likely N-dealkylation sites (tertiary alicyclic amines) is 2. The minimum absolute atomic E-state index is 0.0684. The Labute approximate surface area is 183 Å². The number of hydrogen-bond donors (Lipinski definition) is 0. The van der Waals surface area contributed by atoms with Crippen molar-refractivity contribution in [1.82, 2.24) is 9.80 Å². The van der Waals surface area contributed by atoms with Crippen LogP contribution in [-0.4, -0.2) is 60.4 Å². The number of piperidine rings is 2. The summed E-state index contributed by atoms with van der Waals surface area (Å²) < 4.78 is 58.3. The van der Waals surface area contributed by atoms with Gasteiger partial charge >= 0.3 is 12.1 Å². The normalized spacial score (nSPS) is 18.5. The van der Waals surface area contributed by atoms with Gasteiger partial charge in [-0.2, -0.15) is 13.2 Å². The van der Waals surface area contributed by atoms with Crippen LogP contribution in [0.1, 0.15) is 48.5 Å². The molecular weight excluding hydrogens is 432 g/mol. The smallest absolute Gasteiger partial charge is 0.417 e. The summed E-state index contributed by atoms with van der Waals surface area (Å²) >= 11 is 0. The summed E-state index contributed by atoms with van der Waals surface area (Å²) in [6.07, 6.45) is -3.08. The Kier molecular flexibility index (Phi) is 7.40. The second-order valence-corrected chi connectivity index (χ2v) is 8.11. The number of hydrogen-bond acceptors (Lipinski definition) is 4. The lowest BCUT2D eigenvalue weighted by molar-refractivity contribution is -0.152. The fourth-order valence-corrected chi connectivity index (χ4v) is 4.29. The van der Waals surface area contributed by atoms with Crippen molar-refractivity contribution in [3.63, 3.8) is 0 Å². The number of carbonyl (C=O) groups excluding carboxylic acids is 3. The molecule has 0 aromatic heterocycles. The zero-order valence-corrected chi connectivity index (χ0v) is 17.8. The Bertz CT molecular complexity index is 858. The zero-order chi connectivity index (χ0) is 23.5. The Balaban J connectivity index is 1.57. The lowest BCUT2D eigenvalue weighted by Crippen LogP contribution is -2.47. The van der Waals surface area contributed by atoms with Gasteiger partial charge in [0.1, 0.15) is 5.82 Å². The summed E-state index contributed by atoms with van der Waals surface area (Å²) in [5, 5.41) is 0. The average molecular weight is 458 g/mol. The quantitative estimate of drug-likeness (QED) is 0.512. The molecule has 0 unspecified atom stereocenters. The van der Waals surface area contributed by atoms with Crippen LogP contribution in [0.5, 0.6) is 0 Å². The fraction of sp³-hybridized carbons (Fsp3) is 0.591. The molecule has 3 rings (SSSR count). The number of nitrogens with zero attached hydrogens (tertiary/aromatic N) is 2. The average Bonchev–Trinajstić information content (AvgIpc) is 2.77. The van der Waals surface area contributed by atoms with Crippen LogP contribution in [0.25, 0.3) is 0 Å². The van der Waals surface area contributed by atoms with Crippen molar-refractivity contribution in [3.8, 4) is 0 Å². The highest BCUT2D eigenvalue weighted by atomic mass is 19.4. The van der Waals surface area contributed by atoms with Gasteiger partial charge in [0.2, 0.25) is 5.91 Å². The number of halogens is 4. The van der Waals surface area contributed by atoms with Crippen molar-refractivity contribution in [2.45, 2.75) is 38.8 Å². The maximum Gasteiger partial charge on any atom is 0.417 e. The van der Waals surface area contributed by atoms with E-state index in [9.17, 15) is 31.9 Å². The molecular formula is C22H26F4N2O4. The Morgan fingerprint density at radius 3 is 2.09 bits per heavy atom. The lowest BCUT2D eigenvalue weighted by Gasteiger charge is -2.37. The predicted molar refractivity (Wildman–Crippen MR) is 106 cm³/mol. The molecule has 2 fully saturated rings. The van der Waals surface area contributed by atoms with Crippen molar-refractivity contribution in [2.24, 2.45) is 11.8 Å². The van der Waals surface area contributed by atoms with E-state index in [1.165, 1.54) is 4.90 Å². The van der Waals surface area contributed by atoms with Crippen LogP contribution in [-0.2, 0) is 20.5 Å². The van der Waals surface area contributed by atoms with E-state index in [1.807, 2.05) is 0 Å². The summed E-state index contributed by atoms with van der Waals surface area (Å²) in [4.78, 5) is 40.3. The Morgan fingerprint density at radius 1 is 0.969 bits per heavy atom. The van der Waals surface area contributed by atoms with Gasteiger partial charge in [0.05, 0.1) is 23.7 Å². The third-order valence-corrected chi connectivity index (χ3v) is 6.08. The summed E-state index contributed by atoms with van der Waals surface area (Å²) in [6.45, 7) is 3.17. The number of ether oxygens (including phenoxy) is 1. The van der Waals surface area contributed by atoms with E-state index in [1.54, 1.807) is 11.8 Å². The van der Waals surface area contributed by atoms with E-state index in [0.717, 1.165) is 0 Å². The van der Waals surface area contributed by atoms with E-state index in [0.29, 0.717) is 63.6 Å². The standard InChI is InChI=1S/C22H26F4N2O4/c1-2-32-21(31)15-7-11-27(12-8-15)19(29)14-5-9-28(10-6-14)20(30)17-13-16(23)3-4-18(17)22(24,25)26/h3-4,13-15H,2,5-12H2,1H3. The van der Waals surface area contributed by atoms with Crippen LogP contribution in [0.3, 0.4) is 0 Å². The first-order valence-electron chi connectivity index (χ1n) is 10.7. The summed E-state index contributed by atoms with van der Waals surface area (Å²) in [5.74, 6) is -2.68. The van der Waals surface area contributed by atoms with E-state index in [4.69, 9.17) is 4.74 Å². The van der Waals surface area contributed by atoms with Crippen molar-refractivity contribution >= 4 is 17.8 Å². The summed E-state index contributed by atoms with van der Waals surface area (Å²) in [6, 6.07) is 1.85. The van der Waals surface area contributed by atoms with E-state index < -0.39 is 29.0 Å². The minimum Gasteiger partial charge on any atom is -0.466 e. The van der Waals surface area contributed by atoms with Gasteiger partial charge in [-0.25, -0.2) is 4.39 Å². The fourth-order valence-electron chi connectivity index (χ4n) is 4.29. The van der Waals surface area contributed by atoms with E-state index in [-0.39, 0.29) is 36.8 Å². The van der Waals surface area contributed by atoms with Gasteiger partial charge in [-0.15, -0.1) is 0 Å².